The maximum atomic E-state index is 12.4. The molecule has 0 aliphatic carbocycles. The highest BCUT2D eigenvalue weighted by Crippen LogP contribution is 2.34. The summed E-state index contributed by atoms with van der Waals surface area (Å²) in [5.74, 6) is -0.395. The second-order valence-corrected chi connectivity index (χ2v) is 7.25. The van der Waals surface area contributed by atoms with E-state index >= 15 is 0 Å². The first-order valence-electron chi connectivity index (χ1n) is 7.59. The molecule has 0 aromatic heterocycles. The van der Waals surface area contributed by atoms with Crippen molar-refractivity contribution in [3.63, 3.8) is 0 Å². The Labute approximate surface area is 178 Å². The number of para-hydroxylation sites is 1. The number of nitrogens with one attached hydrogen (secondary N) is 1. The molecule has 6 nitrogen and oxygen atoms in total. The molecular weight excluding hydrogens is 527 g/mol. The number of nitriles is 1. The molecule has 0 radical (unpaired) electrons. The quantitative estimate of drug-likeness (QED) is 0.198. The van der Waals surface area contributed by atoms with Crippen LogP contribution in [0.2, 0.25) is 0 Å². The minimum atomic E-state index is -0.539. The fraction of sp³-hybridized carbons (Fsp3) is 0.105. The number of benzene rings is 2. The van der Waals surface area contributed by atoms with Crippen LogP contribution in [0.3, 0.4) is 0 Å². The van der Waals surface area contributed by atoms with Gasteiger partial charge in [-0.05, 0) is 74.4 Å². The predicted octanol–water partition coefficient (Wildman–Crippen LogP) is 4.53. The first-order chi connectivity index (χ1) is 12.8. The van der Waals surface area contributed by atoms with Gasteiger partial charge in [0.2, 0.25) is 0 Å². The molecule has 0 spiro atoms. The lowest BCUT2D eigenvalue weighted by Gasteiger charge is -2.11. The van der Waals surface area contributed by atoms with Crippen LogP contribution in [0, 0.1) is 14.9 Å². The van der Waals surface area contributed by atoms with E-state index in [0.717, 1.165) is 0 Å². The Morgan fingerprint density at radius 3 is 2.59 bits per heavy atom. The van der Waals surface area contributed by atoms with Gasteiger partial charge in [-0.25, -0.2) is 0 Å². The van der Waals surface area contributed by atoms with Crippen LogP contribution in [0.25, 0.3) is 6.08 Å². The lowest BCUT2D eigenvalue weighted by Crippen LogP contribution is -2.13. The van der Waals surface area contributed by atoms with E-state index in [9.17, 15) is 14.9 Å². The second-order valence-electron chi connectivity index (χ2n) is 5.23. The molecule has 0 aliphatic rings. The molecule has 1 N–H and O–H groups in total. The molecule has 138 valence electrons. The van der Waals surface area contributed by atoms with Crippen molar-refractivity contribution in [2.75, 3.05) is 12.4 Å². The number of rotatable bonds is 5. The van der Waals surface area contributed by atoms with Crippen LogP contribution in [-0.2, 0) is 9.59 Å². The van der Waals surface area contributed by atoms with Gasteiger partial charge in [-0.2, -0.15) is 5.26 Å². The summed E-state index contributed by atoms with van der Waals surface area (Å²) in [4.78, 5) is 23.7. The first kappa shape index (κ1) is 20.9. The highest BCUT2D eigenvalue weighted by molar-refractivity contribution is 14.1. The number of hydrogen-bond acceptors (Lipinski definition) is 5. The smallest absolute Gasteiger partial charge is 0.308 e. The molecule has 8 heteroatoms. The molecule has 0 bridgehead atoms. The third-order valence-electron chi connectivity index (χ3n) is 3.30. The zero-order chi connectivity index (χ0) is 20.0. The van der Waals surface area contributed by atoms with Crippen molar-refractivity contribution in [3.05, 3.63) is 55.6 Å². The van der Waals surface area contributed by atoms with Crippen LogP contribution < -0.4 is 14.8 Å². The Kier molecular flexibility index (Phi) is 7.38. The van der Waals surface area contributed by atoms with E-state index in [1.165, 1.54) is 20.1 Å². The van der Waals surface area contributed by atoms with Crippen molar-refractivity contribution < 1.29 is 19.1 Å². The number of halogens is 2. The lowest BCUT2D eigenvalue weighted by molar-refractivity contribution is -0.132. The predicted molar refractivity (Wildman–Crippen MR) is 113 cm³/mol. The number of carbonyl (C=O) groups excluding carboxylic acids is 2. The van der Waals surface area contributed by atoms with E-state index < -0.39 is 11.9 Å². The van der Waals surface area contributed by atoms with E-state index in [2.05, 4.69) is 21.2 Å². The maximum absolute atomic E-state index is 12.4. The minimum absolute atomic E-state index is 0.0798. The molecule has 0 saturated heterocycles. The molecule has 0 saturated carbocycles. The second kappa shape index (κ2) is 9.53. The summed E-state index contributed by atoms with van der Waals surface area (Å²) in [6, 6.07) is 12.3. The van der Waals surface area contributed by atoms with Crippen molar-refractivity contribution in [2.24, 2.45) is 0 Å². The van der Waals surface area contributed by atoms with Crippen molar-refractivity contribution in [1.29, 1.82) is 5.26 Å². The van der Waals surface area contributed by atoms with E-state index in [1.807, 2.05) is 34.7 Å². The number of carbonyl (C=O) groups is 2. The Bertz CT molecular complexity index is 967. The zero-order valence-corrected chi connectivity index (χ0v) is 18.1. The zero-order valence-electron chi connectivity index (χ0n) is 14.4. The molecule has 0 aliphatic heterocycles. The summed E-state index contributed by atoms with van der Waals surface area (Å²) in [5.41, 5.74) is 1.04. The fourth-order valence-electron chi connectivity index (χ4n) is 2.13. The molecular formula is C19H14BrIN2O4. The van der Waals surface area contributed by atoms with Gasteiger partial charge in [-0.1, -0.05) is 12.1 Å². The molecule has 0 heterocycles. The maximum Gasteiger partial charge on any atom is 0.308 e. The molecule has 0 unspecified atom stereocenters. The van der Waals surface area contributed by atoms with Gasteiger partial charge < -0.3 is 14.8 Å². The monoisotopic (exact) mass is 540 g/mol. The van der Waals surface area contributed by atoms with Gasteiger partial charge in [-0.15, -0.1) is 0 Å². The van der Waals surface area contributed by atoms with Gasteiger partial charge in [0.1, 0.15) is 11.6 Å². The van der Waals surface area contributed by atoms with Crippen molar-refractivity contribution in [1.82, 2.24) is 0 Å². The van der Waals surface area contributed by atoms with Gasteiger partial charge in [-0.3, -0.25) is 9.59 Å². The molecule has 1 amide bonds. The summed E-state index contributed by atoms with van der Waals surface area (Å²) >= 11 is 5.33. The third kappa shape index (κ3) is 5.55. The lowest BCUT2D eigenvalue weighted by atomic mass is 10.1. The largest absolute Gasteiger partial charge is 0.493 e. The van der Waals surface area contributed by atoms with Gasteiger partial charge in [0, 0.05) is 11.4 Å². The van der Waals surface area contributed by atoms with E-state index in [1.54, 1.807) is 30.3 Å². The normalized spacial score (nSPS) is 10.7. The minimum Gasteiger partial charge on any atom is -0.493 e. The van der Waals surface area contributed by atoms with Crippen molar-refractivity contribution in [2.45, 2.75) is 6.92 Å². The van der Waals surface area contributed by atoms with Gasteiger partial charge >= 0.3 is 5.97 Å². The van der Waals surface area contributed by atoms with Gasteiger partial charge in [0.15, 0.2) is 11.5 Å². The van der Waals surface area contributed by atoms with Crippen molar-refractivity contribution in [3.8, 4) is 17.6 Å². The number of nitrogens with zero attached hydrogens (tertiary/aromatic N) is 1. The highest BCUT2D eigenvalue weighted by Gasteiger charge is 2.15. The van der Waals surface area contributed by atoms with Crippen LogP contribution in [0.4, 0.5) is 5.69 Å². The summed E-state index contributed by atoms with van der Waals surface area (Å²) in [6.45, 7) is 1.29. The Morgan fingerprint density at radius 1 is 1.30 bits per heavy atom. The fourth-order valence-corrected chi connectivity index (χ4v) is 3.25. The summed E-state index contributed by atoms with van der Waals surface area (Å²) in [7, 11) is 1.44. The molecule has 2 aromatic carbocycles. The Balaban J connectivity index is 2.35. The highest BCUT2D eigenvalue weighted by atomic mass is 127. The van der Waals surface area contributed by atoms with Crippen LogP contribution in [0.1, 0.15) is 12.5 Å². The first-order valence-corrected chi connectivity index (χ1v) is 9.46. The summed E-state index contributed by atoms with van der Waals surface area (Å²) < 4.78 is 11.7. The molecule has 27 heavy (non-hydrogen) atoms. The third-order valence-corrected chi connectivity index (χ3v) is 4.79. The van der Waals surface area contributed by atoms with Crippen LogP contribution >= 0.6 is 38.5 Å². The van der Waals surface area contributed by atoms with Gasteiger partial charge in [0.05, 0.1) is 16.4 Å². The molecule has 0 atom stereocenters. The van der Waals surface area contributed by atoms with Gasteiger partial charge in [0.25, 0.3) is 5.91 Å². The number of methoxy groups -OCH3 is 1. The number of hydrogen-bond donors (Lipinski definition) is 1. The standard InChI is InChI=1S/C19H14BrIN2O4/c1-11(24)27-18-15(21)8-12(9-17(18)26-2)7-13(10-22)19(25)23-16-6-4-3-5-14(16)20/h3-9H,1-2H3,(H,23,25)/b13-7+. The summed E-state index contributed by atoms with van der Waals surface area (Å²) in [5, 5.41) is 12.1. The number of amides is 1. The average molecular weight is 541 g/mol. The number of esters is 1. The Morgan fingerprint density at radius 2 is 2.00 bits per heavy atom. The summed E-state index contributed by atoms with van der Waals surface area (Å²) in [6.07, 6.45) is 1.44. The number of ether oxygens (including phenoxy) is 2. The molecule has 0 fully saturated rings. The van der Waals surface area contributed by atoms with Crippen LogP contribution in [0.15, 0.2) is 46.4 Å². The topological polar surface area (TPSA) is 88.4 Å². The molecule has 2 aromatic rings. The SMILES string of the molecule is COc1cc(/C=C(\C#N)C(=O)Nc2ccccc2Br)cc(I)c1OC(C)=O. The van der Waals surface area contributed by atoms with Crippen LogP contribution in [0.5, 0.6) is 11.5 Å². The Hall–Kier alpha value is -2.38. The molecule has 2 rings (SSSR count). The average Bonchev–Trinajstić information content (AvgIpc) is 2.63. The van der Waals surface area contributed by atoms with E-state index in [0.29, 0.717) is 30.8 Å². The van der Waals surface area contributed by atoms with E-state index in [4.69, 9.17) is 9.47 Å². The van der Waals surface area contributed by atoms with E-state index in [-0.39, 0.29) is 5.57 Å². The van der Waals surface area contributed by atoms with Crippen molar-refractivity contribution >= 4 is 62.2 Å². The number of anilines is 1. The van der Waals surface area contributed by atoms with Crippen LogP contribution in [-0.4, -0.2) is 19.0 Å².